The van der Waals surface area contributed by atoms with Gasteiger partial charge >= 0.3 is 0 Å². The second kappa shape index (κ2) is 6.58. The predicted molar refractivity (Wildman–Crippen MR) is 80.6 cm³/mol. The number of nitrogens with one attached hydrogen (secondary N) is 2. The molecular weight excluding hydrogens is 268 g/mol. The van der Waals surface area contributed by atoms with E-state index in [2.05, 4.69) is 22.7 Å². The summed E-state index contributed by atoms with van der Waals surface area (Å²) < 4.78 is 1.68. The highest BCUT2D eigenvalue weighted by atomic mass is 16.3. The minimum atomic E-state index is -0.414. The van der Waals surface area contributed by atoms with E-state index in [1.807, 2.05) is 13.2 Å². The molecule has 21 heavy (non-hydrogen) atoms. The van der Waals surface area contributed by atoms with Crippen LogP contribution in [0.15, 0.2) is 12.4 Å². The van der Waals surface area contributed by atoms with Crippen molar-refractivity contribution >= 4 is 5.91 Å². The number of rotatable bonds is 5. The lowest BCUT2D eigenvalue weighted by Crippen LogP contribution is -2.47. The van der Waals surface area contributed by atoms with Gasteiger partial charge in [-0.1, -0.05) is 19.8 Å². The number of likely N-dealkylation sites (N-methyl/N-ethyl adjacent to an activating group) is 1. The molecule has 1 aromatic rings. The molecule has 1 aliphatic rings. The van der Waals surface area contributed by atoms with Gasteiger partial charge in [0.2, 0.25) is 5.91 Å². The first kappa shape index (κ1) is 16.0. The van der Waals surface area contributed by atoms with Crippen molar-refractivity contribution in [2.75, 3.05) is 13.6 Å². The van der Waals surface area contributed by atoms with Gasteiger partial charge in [0.05, 0.1) is 12.3 Å². The molecule has 1 fully saturated rings. The van der Waals surface area contributed by atoms with Crippen LogP contribution >= 0.6 is 0 Å². The van der Waals surface area contributed by atoms with Crippen LogP contribution in [0.4, 0.5) is 0 Å². The molecule has 0 bridgehead atoms. The van der Waals surface area contributed by atoms with Crippen LogP contribution in [0, 0.1) is 5.41 Å². The minimum Gasteiger partial charge on any atom is -0.392 e. The molecular formula is C15H26N4O2. The van der Waals surface area contributed by atoms with Gasteiger partial charge in [-0.05, 0) is 19.9 Å². The van der Waals surface area contributed by atoms with Gasteiger partial charge < -0.3 is 15.7 Å². The van der Waals surface area contributed by atoms with Gasteiger partial charge in [-0.15, -0.1) is 0 Å². The van der Waals surface area contributed by atoms with Crippen molar-refractivity contribution in [3.05, 3.63) is 18.0 Å². The van der Waals surface area contributed by atoms with Gasteiger partial charge in [0.1, 0.15) is 6.04 Å². The predicted octanol–water partition coefficient (Wildman–Crippen LogP) is 0.738. The lowest BCUT2D eigenvalue weighted by atomic mass is 9.73. The van der Waals surface area contributed by atoms with Crippen LogP contribution in [0.3, 0.4) is 0 Å². The number of nitrogens with zero attached hydrogens (tertiary/aromatic N) is 2. The fourth-order valence-electron chi connectivity index (χ4n) is 3.02. The number of aryl methyl sites for hydroxylation is 1. The SMILES string of the molecule is CNC(C(=O)NCC1(C)CCCCC1O)c1cnn(C)c1. The minimum absolute atomic E-state index is 0.0792. The molecule has 3 unspecified atom stereocenters. The molecule has 118 valence electrons. The van der Waals surface area contributed by atoms with E-state index in [-0.39, 0.29) is 17.4 Å². The maximum atomic E-state index is 12.4. The summed E-state index contributed by atoms with van der Waals surface area (Å²) in [6, 6.07) is -0.414. The zero-order chi connectivity index (χ0) is 15.5. The highest BCUT2D eigenvalue weighted by molar-refractivity contribution is 5.83. The molecule has 1 aromatic heterocycles. The Morgan fingerprint density at radius 1 is 1.62 bits per heavy atom. The van der Waals surface area contributed by atoms with Crippen LogP contribution in [-0.4, -0.2) is 40.5 Å². The fourth-order valence-corrected chi connectivity index (χ4v) is 3.02. The Bertz CT molecular complexity index is 488. The zero-order valence-electron chi connectivity index (χ0n) is 13.1. The van der Waals surface area contributed by atoms with Crippen LogP contribution in [0.1, 0.15) is 44.2 Å². The normalized spacial score (nSPS) is 27.3. The number of hydrogen-bond acceptors (Lipinski definition) is 4. The highest BCUT2D eigenvalue weighted by Crippen LogP contribution is 2.35. The van der Waals surface area contributed by atoms with Crippen molar-refractivity contribution in [3.63, 3.8) is 0 Å². The van der Waals surface area contributed by atoms with E-state index in [9.17, 15) is 9.90 Å². The molecule has 6 nitrogen and oxygen atoms in total. The van der Waals surface area contributed by atoms with Gasteiger partial charge in [-0.3, -0.25) is 9.48 Å². The molecule has 0 aromatic carbocycles. The molecule has 0 radical (unpaired) electrons. The van der Waals surface area contributed by atoms with Gasteiger partial charge in [-0.2, -0.15) is 5.10 Å². The van der Waals surface area contributed by atoms with E-state index in [4.69, 9.17) is 0 Å². The third-order valence-electron chi connectivity index (χ3n) is 4.56. The maximum absolute atomic E-state index is 12.4. The molecule has 0 saturated heterocycles. The Morgan fingerprint density at radius 2 is 2.38 bits per heavy atom. The van der Waals surface area contributed by atoms with Crippen LogP contribution in [0.5, 0.6) is 0 Å². The molecule has 2 rings (SSSR count). The lowest BCUT2D eigenvalue weighted by molar-refractivity contribution is -0.124. The summed E-state index contributed by atoms with van der Waals surface area (Å²) in [5.41, 5.74) is 0.619. The summed E-state index contributed by atoms with van der Waals surface area (Å²) in [4.78, 5) is 12.4. The molecule has 3 N–H and O–H groups in total. The molecule has 3 atom stereocenters. The number of carbonyl (C=O) groups is 1. The Labute approximate surface area is 125 Å². The summed E-state index contributed by atoms with van der Waals surface area (Å²) in [6.45, 7) is 2.56. The molecule has 0 aliphatic heterocycles. The van der Waals surface area contributed by atoms with Gasteiger partial charge in [0.15, 0.2) is 0 Å². The number of hydrogen-bond donors (Lipinski definition) is 3. The first-order chi connectivity index (χ1) is 9.96. The smallest absolute Gasteiger partial charge is 0.241 e. The van der Waals surface area contributed by atoms with Gasteiger partial charge in [0.25, 0.3) is 0 Å². The van der Waals surface area contributed by atoms with Gasteiger partial charge in [0, 0.05) is 30.8 Å². The van der Waals surface area contributed by atoms with E-state index in [0.29, 0.717) is 6.54 Å². The largest absolute Gasteiger partial charge is 0.392 e. The van der Waals surface area contributed by atoms with Crippen molar-refractivity contribution < 1.29 is 9.90 Å². The highest BCUT2D eigenvalue weighted by Gasteiger charge is 2.36. The van der Waals surface area contributed by atoms with E-state index in [0.717, 1.165) is 31.2 Å². The van der Waals surface area contributed by atoms with E-state index >= 15 is 0 Å². The third kappa shape index (κ3) is 3.63. The number of amides is 1. The van der Waals surface area contributed by atoms with Crippen LogP contribution in [0.25, 0.3) is 0 Å². The summed E-state index contributed by atoms with van der Waals surface area (Å²) in [7, 11) is 3.59. The second-order valence-corrected chi connectivity index (χ2v) is 6.30. The van der Waals surface area contributed by atoms with Crippen molar-refractivity contribution in [2.45, 2.75) is 44.8 Å². The molecule has 1 heterocycles. The Hall–Kier alpha value is -1.40. The zero-order valence-corrected chi connectivity index (χ0v) is 13.1. The summed E-state index contributed by atoms with van der Waals surface area (Å²) >= 11 is 0. The fraction of sp³-hybridized carbons (Fsp3) is 0.733. The molecule has 1 saturated carbocycles. The first-order valence-electron chi connectivity index (χ1n) is 7.58. The third-order valence-corrected chi connectivity index (χ3v) is 4.56. The Balaban J connectivity index is 1.96. The molecule has 0 spiro atoms. The first-order valence-corrected chi connectivity index (χ1v) is 7.58. The average molecular weight is 294 g/mol. The van der Waals surface area contributed by atoms with Crippen molar-refractivity contribution in [1.82, 2.24) is 20.4 Å². The molecule has 1 aliphatic carbocycles. The van der Waals surface area contributed by atoms with Crippen LogP contribution in [-0.2, 0) is 11.8 Å². The summed E-state index contributed by atoms with van der Waals surface area (Å²) in [5.74, 6) is -0.0792. The van der Waals surface area contributed by atoms with E-state index in [1.165, 1.54) is 0 Å². The number of aliphatic hydroxyl groups excluding tert-OH is 1. The second-order valence-electron chi connectivity index (χ2n) is 6.30. The van der Waals surface area contributed by atoms with Crippen LogP contribution in [0.2, 0.25) is 0 Å². The van der Waals surface area contributed by atoms with Gasteiger partial charge in [-0.25, -0.2) is 0 Å². The number of carbonyl (C=O) groups excluding carboxylic acids is 1. The summed E-state index contributed by atoms with van der Waals surface area (Å²) in [6.07, 6.45) is 7.14. The maximum Gasteiger partial charge on any atom is 0.241 e. The summed E-state index contributed by atoms with van der Waals surface area (Å²) in [5, 5.41) is 20.3. The monoisotopic (exact) mass is 294 g/mol. The number of aromatic nitrogens is 2. The lowest BCUT2D eigenvalue weighted by Gasteiger charge is -2.38. The van der Waals surface area contributed by atoms with E-state index in [1.54, 1.807) is 17.9 Å². The van der Waals surface area contributed by atoms with Crippen LogP contribution < -0.4 is 10.6 Å². The average Bonchev–Trinajstić information content (AvgIpc) is 2.87. The van der Waals surface area contributed by atoms with Crippen molar-refractivity contribution in [1.29, 1.82) is 0 Å². The Morgan fingerprint density at radius 3 is 2.95 bits per heavy atom. The topological polar surface area (TPSA) is 79.2 Å². The van der Waals surface area contributed by atoms with E-state index < -0.39 is 6.04 Å². The quantitative estimate of drug-likeness (QED) is 0.748. The molecule has 1 amide bonds. The standard InChI is InChI=1S/C15H26N4O2/c1-15(7-5-4-6-12(15)20)10-17-14(21)13(16-2)11-8-18-19(3)9-11/h8-9,12-13,16,20H,4-7,10H2,1-3H3,(H,17,21). The number of aliphatic hydroxyl groups is 1. The molecule has 6 heteroatoms. The van der Waals surface area contributed by atoms with Crippen molar-refractivity contribution in [3.8, 4) is 0 Å². The van der Waals surface area contributed by atoms with Crippen molar-refractivity contribution in [2.24, 2.45) is 12.5 Å². The Kier molecular flexibility index (Phi) is 5.00.